The van der Waals surface area contributed by atoms with Gasteiger partial charge in [-0.3, -0.25) is 4.79 Å². The standard InChI is InChI=1S/C20H25N3O6S2/c1-14-5-3-4-12-23(14)31(27,28)19-13-15(6-11-18(19)29-2)20(24)22-16-7-9-17(10-8-16)30(21,25)26/h6-11,13-14H,3-5,12H2,1-2H3,(H,22,24)(H2,21,25,26)/t14-/m1/s1. The number of anilines is 1. The lowest BCUT2D eigenvalue weighted by Gasteiger charge is -2.32. The van der Waals surface area contributed by atoms with E-state index in [4.69, 9.17) is 9.88 Å². The maximum atomic E-state index is 13.3. The number of nitrogens with one attached hydrogen (secondary N) is 1. The summed E-state index contributed by atoms with van der Waals surface area (Å²) in [7, 11) is -6.32. The van der Waals surface area contributed by atoms with Gasteiger partial charge in [0.15, 0.2) is 0 Å². The van der Waals surface area contributed by atoms with Crippen molar-refractivity contribution < 1.29 is 26.4 Å². The molecule has 0 spiro atoms. The molecule has 0 aromatic heterocycles. The van der Waals surface area contributed by atoms with Crippen LogP contribution < -0.4 is 15.2 Å². The average molecular weight is 468 g/mol. The summed E-state index contributed by atoms with van der Waals surface area (Å²) in [4.78, 5) is 12.6. The van der Waals surface area contributed by atoms with Crippen molar-refractivity contribution in [1.82, 2.24) is 4.31 Å². The van der Waals surface area contributed by atoms with Crippen molar-refractivity contribution in [2.24, 2.45) is 5.14 Å². The van der Waals surface area contributed by atoms with Gasteiger partial charge in [-0.1, -0.05) is 6.42 Å². The fourth-order valence-electron chi connectivity index (χ4n) is 3.51. The molecular weight excluding hydrogens is 442 g/mol. The molecule has 0 aliphatic carbocycles. The first kappa shape index (κ1) is 23.2. The molecule has 3 rings (SSSR count). The molecule has 1 atom stereocenters. The molecule has 0 saturated carbocycles. The molecule has 11 heteroatoms. The van der Waals surface area contributed by atoms with Gasteiger partial charge < -0.3 is 10.1 Å². The van der Waals surface area contributed by atoms with Crippen molar-refractivity contribution in [1.29, 1.82) is 0 Å². The van der Waals surface area contributed by atoms with Gasteiger partial charge in [0.2, 0.25) is 20.0 Å². The first-order valence-corrected chi connectivity index (χ1v) is 12.7. The van der Waals surface area contributed by atoms with Crippen molar-refractivity contribution in [2.45, 2.75) is 42.0 Å². The second-order valence-corrected chi connectivity index (χ2v) is 10.8. The van der Waals surface area contributed by atoms with Gasteiger partial charge in [0.05, 0.1) is 12.0 Å². The topological polar surface area (TPSA) is 136 Å². The summed E-state index contributed by atoms with van der Waals surface area (Å²) < 4.78 is 56.0. The van der Waals surface area contributed by atoms with E-state index < -0.39 is 26.0 Å². The molecule has 9 nitrogen and oxygen atoms in total. The highest BCUT2D eigenvalue weighted by atomic mass is 32.2. The number of primary sulfonamides is 1. The fourth-order valence-corrected chi connectivity index (χ4v) is 5.90. The first-order chi connectivity index (χ1) is 14.5. The summed E-state index contributed by atoms with van der Waals surface area (Å²) in [6, 6.07) is 9.40. The molecule has 2 aromatic carbocycles. The van der Waals surface area contributed by atoms with Crippen LogP contribution in [-0.4, -0.2) is 46.7 Å². The maximum absolute atomic E-state index is 13.3. The van der Waals surface area contributed by atoms with Gasteiger partial charge in [0.1, 0.15) is 10.6 Å². The van der Waals surface area contributed by atoms with E-state index in [1.54, 1.807) is 0 Å². The van der Waals surface area contributed by atoms with Crippen molar-refractivity contribution >= 4 is 31.6 Å². The Labute approximate surface area is 182 Å². The van der Waals surface area contributed by atoms with E-state index in [1.165, 1.54) is 53.9 Å². The average Bonchev–Trinajstić information content (AvgIpc) is 2.73. The highest BCUT2D eigenvalue weighted by molar-refractivity contribution is 7.89. The number of carbonyl (C=O) groups is 1. The minimum Gasteiger partial charge on any atom is -0.495 e. The van der Waals surface area contributed by atoms with E-state index in [1.807, 2.05) is 6.92 Å². The van der Waals surface area contributed by atoms with Crippen LogP contribution in [0.25, 0.3) is 0 Å². The Morgan fingerprint density at radius 2 is 1.77 bits per heavy atom. The maximum Gasteiger partial charge on any atom is 0.255 e. The third-order valence-corrected chi connectivity index (χ3v) is 8.16. The van der Waals surface area contributed by atoms with Gasteiger partial charge in [-0.2, -0.15) is 4.31 Å². The lowest BCUT2D eigenvalue weighted by atomic mass is 10.1. The highest BCUT2D eigenvalue weighted by Gasteiger charge is 2.33. The number of ether oxygens (including phenoxy) is 1. The number of carbonyl (C=O) groups excluding carboxylic acids is 1. The molecule has 0 unspecified atom stereocenters. The zero-order valence-corrected chi connectivity index (χ0v) is 18.9. The molecule has 2 aromatic rings. The fraction of sp³-hybridized carbons (Fsp3) is 0.350. The summed E-state index contributed by atoms with van der Waals surface area (Å²) in [5.74, 6) is -0.388. The molecule has 1 aliphatic heterocycles. The number of hydrogen-bond acceptors (Lipinski definition) is 6. The number of amides is 1. The Morgan fingerprint density at radius 3 is 2.35 bits per heavy atom. The monoisotopic (exact) mass is 467 g/mol. The number of rotatable bonds is 6. The Balaban J connectivity index is 1.90. The first-order valence-electron chi connectivity index (χ1n) is 9.68. The Bertz CT molecular complexity index is 1180. The number of benzene rings is 2. The van der Waals surface area contributed by atoms with Gasteiger partial charge in [0, 0.05) is 23.8 Å². The summed E-state index contributed by atoms with van der Waals surface area (Å²) in [5.41, 5.74) is 0.460. The summed E-state index contributed by atoms with van der Waals surface area (Å²) in [6.07, 6.45) is 2.52. The Kier molecular flexibility index (Phi) is 6.70. The molecule has 1 fully saturated rings. The number of hydrogen-bond donors (Lipinski definition) is 2. The van der Waals surface area contributed by atoms with Crippen molar-refractivity contribution in [2.75, 3.05) is 19.0 Å². The van der Waals surface area contributed by atoms with E-state index in [9.17, 15) is 21.6 Å². The largest absolute Gasteiger partial charge is 0.495 e. The van der Waals surface area contributed by atoms with Gasteiger partial charge >= 0.3 is 0 Å². The Hall–Kier alpha value is -2.47. The normalized spacial score (nSPS) is 17.8. The van der Waals surface area contributed by atoms with Crippen LogP contribution in [0.4, 0.5) is 5.69 Å². The van der Waals surface area contributed by atoms with E-state index in [2.05, 4.69) is 5.32 Å². The van der Waals surface area contributed by atoms with Crippen LogP contribution in [-0.2, 0) is 20.0 Å². The zero-order chi connectivity index (χ0) is 22.8. The third-order valence-electron chi connectivity index (χ3n) is 5.20. The number of nitrogens with zero attached hydrogens (tertiary/aromatic N) is 1. The van der Waals surface area contributed by atoms with Gasteiger partial charge in [-0.15, -0.1) is 0 Å². The lowest BCUT2D eigenvalue weighted by Crippen LogP contribution is -2.42. The van der Waals surface area contributed by atoms with E-state index in [0.29, 0.717) is 12.2 Å². The minimum absolute atomic E-state index is 0.0685. The van der Waals surface area contributed by atoms with Crippen molar-refractivity contribution in [3.8, 4) is 5.75 Å². The number of sulfonamides is 2. The molecule has 168 valence electrons. The molecule has 0 bridgehead atoms. The summed E-state index contributed by atoms with van der Waals surface area (Å²) in [6.45, 7) is 2.28. The molecular formula is C20H25N3O6S2. The lowest BCUT2D eigenvalue weighted by molar-refractivity contribution is 0.102. The Morgan fingerprint density at radius 1 is 1.10 bits per heavy atom. The molecule has 3 N–H and O–H groups in total. The summed E-state index contributed by atoms with van der Waals surface area (Å²) in [5, 5.41) is 7.68. The summed E-state index contributed by atoms with van der Waals surface area (Å²) >= 11 is 0. The van der Waals surface area contributed by atoms with E-state index in [-0.39, 0.29) is 27.1 Å². The zero-order valence-electron chi connectivity index (χ0n) is 17.2. The van der Waals surface area contributed by atoms with Crippen LogP contribution in [0.3, 0.4) is 0 Å². The van der Waals surface area contributed by atoms with Crippen LogP contribution in [0.5, 0.6) is 5.75 Å². The second-order valence-electron chi connectivity index (χ2n) is 7.35. The highest BCUT2D eigenvalue weighted by Crippen LogP contribution is 2.32. The predicted molar refractivity (Wildman–Crippen MR) is 116 cm³/mol. The van der Waals surface area contributed by atoms with Crippen LogP contribution in [0, 0.1) is 0 Å². The molecule has 31 heavy (non-hydrogen) atoms. The van der Waals surface area contributed by atoms with Crippen LogP contribution in [0.1, 0.15) is 36.5 Å². The van der Waals surface area contributed by atoms with E-state index in [0.717, 1.165) is 19.3 Å². The van der Waals surface area contributed by atoms with Gasteiger partial charge in [-0.05, 0) is 62.2 Å². The van der Waals surface area contributed by atoms with Crippen molar-refractivity contribution in [3.05, 3.63) is 48.0 Å². The second kappa shape index (κ2) is 8.95. The van der Waals surface area contributed by atoms with Crippen LogP contribution >= 0.6 is 0 Å². The quantitative estimate of drug-likeness (QED) is 0.668. The number of methoxy groups -OCH3 is 1. The molecule has 1 saturated heterocycles. The molecule has 1 aliphatic rings. The van der Waals surface area contributed by atoms with Gasteiger partial charge in [0.25, 0.3) is 5.91 Å². The molecule has 1 heterocycles. The smallest absolute Gasteiger partial charge is 0.255 e. The van der Waals surface area contributed by atoms with E-state index >= 15 is 0 Å². The van der Waals surface area contributed by atoms with Crippen LogP contribution in [0.15, 0.2) is 52.3 Å². The molecule has 1 amide bonds. The minimum atomic E-state index is -3.86. The van der Waals surface area contributed by atoms with Crippen molar-refractivity contribution in [3.63, 3.8) is 0 Å². The van der Waals surface area contributed by atoms with Crippen LogP contribution in [0.2, 0.25) is 0 Å². The SMILES string of the molecule is COc1ccc(C(=O)Nc2ccc(S(N)(=O)=O)cc2)cc1S(=O)(=O)N1CCCC[C@H]1C. The third kappa shape index (κ3) is 5.06. The number of piperidine rings is 1. The molecule has 0 radical (unpaired) electrons. The van der Waals surface area contributed by atoms with Gasteiger partial charge in [-0.25, -0.2) is 22.0 Å². The predicted octanol–water partition coefficient (Wildman–Crippen LogP) is 2.16. The number of nitrogens with two attached hydrogens (primary N) is 1.